The van der Waals surface area contributed by atoms with E-state index in [4.69, 9.17) is 11.6 Å². The topological polar surface area (TPSA) is 59.1 Å². The lowest BCUT2D eigenvalue weighted by atomic mass is 10.2. The number of hydrogen-bond donors (Lipinski definition) is 1. The molecule has 0 unspecified atom stereocenters. The maximum Gasteiger partial charge on any atom is 0.236 e. The van der Waals surface area contributed by atoms with E-state index in [-0.39, 0.29) is 5.75 Å². The fourth-order valence-corrected chi connectivity index (χ4v) is 3.74. The van der Waals surface area contributed by atoms with E-state index < -0.39 is 10.0 Å². The smallest absolute Gasteiger partial charge is 0.236 e. The molecule has 0 amide bonds. The molecule has 6 heteroatoms. The van der Waals surface area contributed by atoms with Gasteiger partial charge in [0.25, 0.3) is 0 Å². The van der Waals surface area contributed by atoms with Crippen molar-refractivity contribution < 1.29 is 8.42 Å². The molecule has 0 aliphatic rings. The van der Waals surface area contributed by atoms with Crippen LogP contribution in [-0.2, 0) is 15.8 Å². The minimum absolute atomic E-state index is 0.177. The van der Waals surface area contributed by atoms with Gasteiger partial charge in [0.2, 0.25) is 10.0 Å². The lowest BCUT2D eigenvalue weighted by Crippen LogP contribution is -2.15. The monoisotopic (exact) mass is 332 g/mol. The van der Waals surface area contributed by atoms with Crippen molar-refractivity contribution in [3.05, 3.63) is 71.4 Å². The average Bonchev–Trinajstić information content (AvgIpc) is 2.49. The fourth-order valence-electron chi connectivity index (χ4n) is 2.22. The van der Waals surface area contributed by atoms with Gasteiger partial charge in [0, 0.05) is 16.6 Å². The van der Waals surface area contributed by atoms with Crippen LogP contribution in [0.3, 0.4) is 0 Å². The van der Waals surface area contributed by atoms with E-state index in [1.54, 1.807) is 48.7 Å². The Balaban J connectivity index is 1.92. The van der Waals surface area contributed by atoms with Gasteiger partial charge in [-0.15, -0.1) is 0 Å². The number of nitrogens with one attached hydrogen (secondary N) is 1. The summed E-state index contributed by atoms with van der Waals surface area (Å²) in [4.78, 5) is 4.21. The van der Waals surface area contributed by atoms with Crippen molar-refractivity contribution in [3.8, 4) is 0 Å². The maximum atomic E-state index is 12.4. The molecule has 0 saturated heterocycles. The molecular weight excluding hydrogens is 320 g/mol. The Hall–Kier alpha value is -2.11. The zero-order valence-electron chi connectivity index (χ0n) is 11.5. The van der Waals surface area contributed by atoms with Gasteiger partial charge in [0.05, 0.1) is 17.0 Å². The van der Waals surface area contributed by atoms with E-state index in [1.807, 2.05) is 12.1 Å². The van der Waals surface area contributed by atoms with E-state index in [0.717, 1.165) is 10.9 Å². The lowest BCUT2D eigenvalue weighted by molar-refractivity contribution is 0.600. The second-order valence-electron chi connectivity index (χ2n) is 4.83. The fraction of sp³-hybridized carbons (Fsp3) is 0.0625. The maximum absolute atomic E-state index is 12.4. The molecule has 0 saturated carbocycles. The first kappa shape index (κ1) is 14.8. The van der Waals surface area contributed by atoms with Crippen molar-refractivity contribution in [2.24, 2.45) is 0 Å². The number of sulfonamides is 1. The van der Waals surface area contributed by atoms with E-state index >= 15 is 0 Å². The second kappa shape index (κ2) is 5.94. The number of halogens is 1. The molecule has 0 bridgehead atoms. The van der Waals surface area contributed by atoms with Crippen molar-refractivity contribution >= 4 is 38.2 Å². The molecule has 0 atom stereocenters. The molecule has 2 aromatic carbocycles. The first-order chi connectivity index (χ1) is 10.6. The van der Waals surface area contributed by atoms with E-state index in [9.17, 15) is 8.42 Å². The van der Waals surface area contributed by atoms with Gasteiger partial charge in [-0.25, -0.2) is 8.42 Å². The number of benzene rings is 2. The molecule has 0 fully saturated rings. The minimum Gasteiger partial charge on any atom is -0.283 e. The van der Waals surface area contributed by atoms with Crippen LogP contribution in [0, 0.1) is 0 Å². The number of hydrogen-bond acceptors (Lipinski definition) is 3. The highest BCUT2D eigenvalue weighted by Crippen LogP contribution is 2.24. The van der Waals surface area contributed by atoms with Gasteiger partial charge >= 0.3 is 0 Å². The number of aromatic nitrogens is 1. The molecule has 4 nitrogen and oxygen atoms in total. The number of nitrogens with zero attached hydrogens (tertiary/aromatic N) is 1. The van der Waals surface area contributed by atoms with Gasteiger partial charge in [-0.2, -0.15) is 0 Å². The standard InChI is InChI=1S/C16H13ClN2O2S/c17-14-7-2-1-5-12(14)11-22(20,21)19-16-9-3-8-15-13(16)6-4-10-18-15/h1-10,19H,11H2. The van der Waals surface area contributed by atoms with Gasteiger partial charge in [0.15, 0.2) is 0 Å². The lowest BCUT2D eigenvalue weighted by Gasteiger charge is -2.11. The molecule has 1 N–H and O–H groups in total. The zero-order chi connectivity index (χ0) is 15.6. The summed E-state index contributed by atoms with van der Waals surface area (Å²) in [6.07, 6.45) is 1.67. The van der Waals surface area contributed by atoms with E-state index in [2.05, 4.69) is 9.71 Å². The summed E-state index contributed by atoms with van der Waals surface area (Å²) in [6, 6.07) is 15.8. The van der Waals surface area contributed by atoms with Crippen LogP contribution < -0.4 is 4.72 Å². The molecule has 22 heavy (non-hydrogen) atoms. The summed E-state index contributed by atoms with van der Waals surface area (Å²) in [5.74, 6) is -0.177. The predicted molar refractivity (Wildman–Crippen MR) is 89.4 cm³/mol. The van der Waals surface area contributed by atoms with E-state index in [1.165, 1.54) is 0 Å². The van der Waals surface area contributed by atoms with Crippen LogP contribution in [0.25, 0.3) is 10.9 Å². The van der Waals surface area contributed by atoms with Gasteiger partial charge in [-0.05, 0) is 35.9 Å². The first-order valence-corrected chi connectivity index (χ1v) is 8.66. The molecule has 1 aromatic heterocycles. The third-order valence-electron chi connectivity index (χ3n) is 3.21. The van der Waals surface area contributed by atoms with Crippen molar-refractivity contribution in [1.82, 2.24) is 4.98 Å². The minimum atomic E-state index is -3.56. The zero-order valence-corrected chi connectivity index (χ0v) is 13.1. The molecule has 0 aliphatic carbocycles. The molecule has 0 radical (unpaired) electrons. The highest BCUT2D eigenvalue weighted by Gasteiger charge is 2.15. The highest BCUT2D eigenvalue weighted by atomic mass is 35.5. The third-order valence-corrected chi connectivity index (χ3v) is 4.81. The van der Waals surface area contributed by atoms with Crippen molar-refractivity contribution in [2.75, 3.05) is 4.72 Å². The van der Waals surface area contributed by atoms with Crippen LogP contribution in [-0.4, -0.2) is 13.4 Å². The molecular formula is C16H13ClN2O2S. The molecule has 0 aliphatic heterocycles. The van der Waals surface area contributed by atoms with Crippen molar-refractivity contribution in [1.29, 1.82) is 0 Å². The number of pyridine rings is 1. The number of fused-ring (bicyclic) bond motifs is 1. The third kappa shape index (κ3) is 3.21. The van der Waals surface area contributed by atoms with Crippen LogP contribution in [0.2, 0.25) is 5.02 Å². The van der Waals surface area contributed by atoms with E-state index in [0.29, 0.717) is 16.3 Å². The summed E-state index contributed by atoms with van der Waals surface area (Å²) in [5, 5.41) is 1.19. The van der Waals surface area contributed by atoms with Crippen LogP contribution in [0.4, 0.5) is 5.69 Å². The Morgan fingerprint density at radius 3 is 2.64 bits per heavy atom. The quantitative estimate of drug-likeness (QED) is 0.790. The largest absolute Gasteiger partial charge is 0.283 e. The highest BCUT2D eigenvalue weighted by molar-refractivity contribution is 7.91. The number of rotatable bonds is 4. The summed E-state index contributed by atoms with van der Waals surface area (Å²) in [6.45, 7) is 0. The molecule has 0 spiro atoms. The van der Waals surface area contributed by atoms with Crippen LogP contribution in [0.5, 0.6) is 0 Å². The first-order valence-electron chi connectivity index (χ1n) is 6.63. The van der Waals surface area contributed by atoms with Crippen LogP contribution in [0.1, 0.15) is 5.56 Å². The van der Waals surface area contributed by atoms with Crippen molar-refractivity contribution in [3.63, 3.8) is 0 Å². The van der Waals surface area contributed by atoms with Crippen LogP contribution in [0.15, 0.2) is 60.8 Å². The summed E-state index contributed by atoms with van der Waals surface area (Å²) < 4.78 is 27.4. The Kier molecular flexibility index (Phi) is 4.00. The Bertz CT molecular complexity index is 921. The predicted octanol–water partition coefficient (Wildman–Crippen LogP) is 3.83. The summed E-state index contributed by atoms with van der Waals surface area (Å²) in [7, 11) is -3.56. The van der Waals surface area contributed by atoms with Crippen LogP contribution >= 0.6 is 11.6 Å². The Morgan fingerprint density at radius 2 is 1.82 bits per heavy atom. The SMILES string of the molecule is O=S(=O)(Cc1ccccc1Cl)Nc1cccc2ncccc12. The Labute approximate surface area is 133 Å². The normalized spacial score (nSPS) is 11.5. The second-order valence-corrected chi connectivity index (χ2v) is 6.96. The average molecular weight is 333 g/mol. The summed E-state index contributed by atoms with van der Waals surface area (Å²) in [5.41, 5.74) is 1.81. The Morgan fingerprint density at radius 1 is 1.00 bits per heavy atom. The molecule has 3 rings (SSSR count). The summed E-state index contributed by atoms with van der Waals surface area (Å²) >= 11 is 6.03. The molecule has 1 heterocycles. The van der Waals surface area contributed by atoms with Crippen molar-refractivity contribution in [2.45, 2.75) is 5.75 Å². The molecule has 112 valence electrons. The van der Waals surface area contributed by atoms with Gasteiger partial charge in [-0.3, -0.25) is 9.71 Å². The van der Waals surface area contributed by atoms with Gasteiger partial charge in [-0.1, -0.05) is 35.9 Å². The number of anilines is 1. The van der Waals surface area contributed by atoms with Gasteiger partial charge in [0.1, 0.15) is 0 Å². The van der Waals surface area contributed by atoms with Gasteiger partial charge < -0.3 is 0 Å². The molecule has 3 aromatic rings.